The van der Waals surface area contributed by atoms with Gasteiger partial charge in [0.1, 0.15) is 17.2 Å². The maximum absolute atomic E-state index is 13.0. The van der Waals surface area contributed by atoms with Crippen molar-refractivity contribution in [2.24, 2.45) is 0 Å². The van der Waals surface area contributed by atoms with Gasteiger partial charge in [-0.2, -0.15) is 9.78 Å². The molecule has 1 aliphatic heterocycles. The van der Waals surface area contributed by atoms with Gasteiger partial charge >= 0.3 is 0 Å². The van der Waals surface area contributed by atoms with Gasteiger partial charge in [-0.05, 0) is 51.3 Å². The number of piperidine rings is 1. The Bertz CT molecular complexity index is 1120. The van der Waals surface area contributed by atoms with Crippen LogP contribution in [0.25, 0.3) is 5.69 Å². The van der Waals surface area contributed by atoms with Crippen LogP contribution in [0.15, 0.2) is 35.5 Å². The zero-order valence-corrected chi connectivity index (χ0v) is 18.7. The number of hydrogen-bond donors (Lipinski definition) is 0. The Morgan fingerprint density at radius 3 is 2.77 bits per heavy atom. The maximum atomic E-state index is 13.0. The van der Waals surface area contributed by atoms with Crippen LogP contribution in [0.5, 0.6) is 0 Å². The molecule has 0 N–H and O–H groups in total. The molecular formula is C21H24Cl2N6O. The number of aryl methyl sites for hydroxylation is 1. The molecule has 0 saturated carbocycles. The molecule has 158 valence electrons. The molecule has 1 aromatic carbocycles. The van der Waals surface area contributed by atoms with Crippen molar-refractivity contribution in [2.75, 3.05) is 18.0 Å². The molecule has 1 aliphatic rings. The van der Waals surface area contributed by atoms with Gasteiger partial charge in [-0.25, -0.2) is 0 Å². The average molecular weight is 447 g/mol. The molecule has 1 atom stereocenters. The first kappa shape index (κ1) is 20.9. The largest absolute Gasteiger partial charge is 0.368 e. The Balaban J connectivity index is 1.64. The molecule has 7 nitrogen and oxygen atoms in total. The van der Waals surface area contributed by atoms with Crippen molar-refractivity contribution in [3.8, 4) is 5.69 Å². The van der Waals surface area contributed by atoms with Gasteiger partial charge in [0.25, 0.3) is 5.56 Å². The second-order valence-electron chi connectivity index (χ2n) is 7.97. The minimum absolute atomic E-state index is 0.160. The number of anilines is 1. The third-order valence-corrected chi connectivity index (χ3v) is 6.35. The predicted octanol–water partition coefficient (Wildman–Crippen LogP) is 4.40. The van der Waals surface area contributed by atoms with Gasteiger partial charge < -0.3 is 9.47 Å². The van der Waals surface area contributed by atoms with E-state index in [0.717, 1.165) is 30.8 Å². The standard InChI is InChI=1S/C21H24Cl2N6O/c1-13(2)28-12-24-26-20(28)15-5-4-8-27(11-15)18-10-25-29(21(30)19(18)23)16-7-6-14(3)17(22)9-16/h6-7,9-10,12-13,15H,4-5,8,11H2,1-3H3. The molecule has 0 aliphatic carbocycles. The monoisotopic (exact) mass is 446 g/mol. The molecule has 2 aromatic heterocycles. The first-order chi connectivity index (χ1) is 14.4. The summed E-state index contributed by atoms with van der Waals surface area (Å²) in [6.07, 6.45) is 5.43. The van der Waals surface area contributed by atoms with Crippen LogP contribution in [-0.2, 0) is 0 Å². The lowest BCUT2D eigenvalue weighted by Crippen LogP contribution is -2.37. The molecule has 1 saturated heterocycles. The average Bonchev–Trinajstić information content (AvgIpc) is 3.23. The third kappa shape index (κ3) is 3.84. The van der Waals surface area contributed by atoms with Crippen molar-refractivity contribution >= 4 is 28.9 Å². The maximum Gasteiger partial charge on any atom is 0.292 e. The van der Waals surface area contributed by atoms with Crippen molar-refractivity contribution in [1.82, 2.24) is 24.5 Å². The van der Waals surface area contributed by atoms with Gasteiger partial charge in [0, 0.05) is 30.1 Å². The minimum Gasteiger partial charge on any atom is -0.368 e. The SMILES string of the molecule is Cc1ccc(-n2ncc(N3CCCC(c4nncn4C(C)C)C3)c(Cl)c2=O)cc1Cl. The quantitative estimate of drug-likeness (QED) is 0.593. The molecule has 1 fully saturated rings. The normalized spacial score (nSPS) is 17.0. The number of benzene rings is 1. The van der Waals surface area contributed by atoms with Gasteiger partial charge in [0.05, 0.1) is 17.6 Å². The number of rotatable bonds is 4. The predicted molar refractivity (Wildman–Crippen MR) is 119 cm³/mol. The first-order valence-corrected chi connectivity index (χ1v) is 10.8. The van der Waals surface area contributed by atoms with E-state index in [2.05, 4.69) is 38.6 Å². The zero-order valence-electron chi connectivity index (χ0n) is 17.2. The highest BCUT2D eigenvalue weighted by Crippen LogP contribution is 2.32. The second kappa shape index (κ2) is 8.40. The Kier molecular flexibility index (Phi) is 5.84. The van der Waals surface area contributed by atoms with Crippen molar-refractivity contribution in [2.45, 2.75) is 45.6 Å². The van der Waals surface area contributed by atoms with Gasteiger partial charge in [-0.15, -0.1) is 10.2 Å². The van der Waals surface area contributed by atoms with Crippen molar-refractivity contribution in [1.29, 1.82) is 0 Å². The lowest BCUT2D eigenvalue weighted by molar-refractivity contribution is 0.454. The molecule has 4 rings (SSSR count). The highest BCUT2D eigenvalue weighted by atomic mass is 35.5. The molecule has 0 bridgehead atoms. The van der Waals surface area contributed by atoms with E-state index in [1.54, 1.807) is 24.7 Å². The fourth-order valence-electron chi connectivity index (χ4n) is 3.89. The number of hydrogen-bond acceptors (Lipinski definition) is 5. The molecule has 3 aromatic rings. The number of nitrogens with zero attached hydrogens (tertiary/aromatic N) is 6. The zero-order chi connectivity index (χ0) is 21.4. The summed E-state index contributed by atoms with van der Waals surface area (Å²) in [5.41, 5.74) is 1.81. The van der Waals surface area contributed by atoms with Crippen LogP contribution in [0.4, 0.5) is 5.69 Å². The van der Waals surface area contributed by atoms with E-state index in [-0.39, 0.29) is 16.5 Å². The lowest BCUT2D eigenvalue weighted by atomic mass is 9.96. The highest BCUT2D eigenvalue weighted by molar-refractivity contribution is 6.33. The summed E-state index contributed by atoms with van der Waals surface area (Å²) < 4.78 is 3.39. The second-order valence-corrected chi connectivity index (χ2v) is 8.75. The van der Waals surface area contributed by atoms with Crippen molar-refractivity contribution < 1.29 is 0 Å². The van der Waals surface area contributed by atoms with E-state index in [1.807, 2.05) is 13.0 Å². The molecule has 3 heterocycles. The lowest BCUT2D eigenvalue weighted by Gasteiger charge is -2.34. The Hall–Kier alpha value is -2.38. The van der Waals surface area contributed by atoms with E-state index in [9.17, 15) is 4.79 Å². The molecule has 0 amide bonds. The number of halogens is 2. The summed E-state index contributed by atoms with van der Waals surface area (Å²) >= 11 is 12.7. The fourth-order valence-corrected chi connectivity index (χ4v) is 4.31. The van der Waals surface area contributed by atoms with E-state index >= 15 is 0 Å². The third-order valence-electron chi connectivity index (χ3n) is 5.58. The van der Waals surface area contributed by atoms with E-state index in [0.29, 0.717) is 29.0 Å². The van der Waals surface area contributed by atoms with Crippen LogP contribution < -0.4 is 10.5 Å². The minimum atomic E-state index is -0.360. The highest BCUT2D eigenvalue weighted by Gasteiger charge is 2.28. The summed E-state index contributed by atoms with van der Waals surface area (Å²) in [7, 11) is 0. The van der Waals surface area contributed by atoms with E-state index in [1.165, 1.54) is 4.68 Å². The fraction of sp³-hybridized carbons (Fsp3) is 0.429. The number of aromatic nitrogens is 5. The van der Waals surface area contributed by atoms with E-state index < -0.39 is 0 Å². The smallest absolute Gasteiger partial charge is 0.292 e. The van der Waals surface area contributed by atoms with Crippen LogP contribution in [-0.4, -0.2) is 37.6 Å². The molecule has 0 radical (unpaired) electrons. The topological polar surface area (TPSA) is 68.8 Å². The molecule has 9 heteroatoms. The summed E-state index contributed by atoms with van der Waals surface area (Å²) in [6.45, 7) is 7.67. The van der Waals surface area contributed by atoms with Crippen LogP contribution >= 0.6 is 23.2 Å². The molecule has 0 spiro atoms. The summed E-state index contributed by atoms with van der Waals surface area (Å²) in [5.74, 6) is 1.19. The Labute approximate surface area is 185 Å². The molecule has 30 heavy (non-hydrogen) atoms. The van der Waals surface area contributed by atoms with Crippen LogP contribution in [0.3, 0.4) is 0 Å². The van der Waals surface area contributed by atoms with Crippen LogP contribution in [0.1, 0.15) is 50.0 Å². The summed E-state index contributed by atoms with van der Waals surface area (Å²) in [4.78, 5) is 15.1. The van der Waals surface area contributed by atoms with Gasteiger partial charge in [-0.1, -0.05) is 29.3 Å². The van der Waals surface area contributed by atoms with Crippen molar-refractivity contribution in [3.63, 3.8) is 0 Å². The molecule has 1 unspecified atom stereocenters. The van der Waals surface area contributed by atoms with Gasteiger partial charge in [0.2, 0.25) is 0 Å². The first-order valence-electron chi connectivity index (χ1n) is 10.1. The van der Waals surface area contributed by atoms with Gasteiger partial charge in [-0.3, -0.25) is 4.79 Å². The summed E-state index contributed by atoms with van der Waals surface area (Å²) in [5, 5.41) is 13.6. The summed E-state index contributed by atoms with van der Waals surface area (Å²) in [6, 6.07) is 5.67. The van der Waals surface area contributed by atoms with Crippen LogP contribution in [0.2, 0.25) is 10.0 Å². The van der Waals surface area contributed by atoms with Crippen molar-refractivity contribution in [3.05, 3.63) is 62.5 Å². The van der Waals surface area contributed by atoms with Gasteiger partial charge in [0.15, 0.2) is 0 Å². The van der Waals surface area contributed by atoms with Crippen LogP contribution in [0, 0.1) is 6.92 Å². The van der Waals surface area contributed by atoms with E-state index in [4.69, 9.17) is 23.2 Å². The Morgan fingerprint density at radius 2 is 2.03 bits per heavy atom. The molecular weight excluding hydrogens is 423 g/mol. The Morgan fingerprint density at radius 1 is 1.23 bits per heavy atom.